The molecule has 1 aliphatic rings. The highest BCUT2D eigenvalue weighted by Crippen LogP contribution is 2.28. The third kappa shape index (κ3) is 2.56. The highest BCUT2D eigenvalue weighted by molar-refractivity contribution is 7.11. The van der Waals surface area contributed by atoms with Crippen molar-refractivity contribution in [2.75, 3.05) is 38.3 Å². The van der Waals surface area contributed by atoms with Crippen molar-refractivity contribution in [1.82, 2.24) is 9.27 Å². The van der Waals surface area contributed by atoms with Crippen LogP contribution in [0.25, 0.3) is 0 Å². The summed E-state index contributed by atoms with van der Waals surface area (Å²) in [5.74, 6) is -0.211. The van der Waals surface area contributed by atoms with Crippen molar-refractivity contribution in [2.45, 2.75) is 18.9 Å². The minimum atomic E-state index is -0.441. The molecule has 0 bridgehead atoms. The minimum Gasteiger partial charge on any atom is -0.465 e. The Bertz CT molecular complexity index is 435. The molecule has 1 unspecified atom stereocenters. The van der Waals surface area contributed by atoms with Gasteiger partial charge in [0.05, 0.1) is 7.11 Å². The molecule has 0 aromatic carbocycles. The molecule has 7 heteroatoms. The molecule has 1 atom stereocenters. The summed E-state index contributed by atoms with van der Waals surface area (Å²) >= 11 is 1.20. The lowest BCUT2D eigenvalue weighted by atomic mass is 10.2. The van der Waals surface area contributed by atoms with E-state index in [4.69, 9.17) is 10.5 Å². The minimum absolute atomic E-state index is 0.231. The molecular weight excluding hydrogens is 252 g/mol. The maximum Gasteiger partial charge on any atom is 0.344 e. The number of likely N-dealkylation sites (tertiary alicyclic amines) is 1. The van der Waals surface area contributed by atoms with Crippen LogP contribution in [0.4, 0.5) is 10.8 Å². The van der Waals surface area contributed by atoms with Gasteiger partial charge in [0.2, 0.25) is 0 Å². The number of hydrogen-bond acceptors (Lipinski definition) is 7. The van der Waals surface area contributed by atoms with Gasteiger partial charge in [-0.05, 0) is 38.0 Å². The summed E-state index contributed by atoms with van der Waals surface area (Å²) in [6.45, 7) is 1.92. The molecular formula is C11H18N4O2S. The Hall–Kier alpha value is -1.34. The number of ether oxygens (including phenoxy) is 1. The van der Waals surface area contributed by atoms with Crippen LogP contribution in [-0.2, 0) is 4.74 Å². The van der Waals surface area contributed by atoms with Gasteiger partial charge in [-0.2, -0.15) is 4.37 Å². The average molecular weight is 270 g/mol. The lowest BCUT2D eigenvalue weighted by Gasteiger charge is -2.19. The van der Waals surface area contributed by atoms with Crippen LogP contribution in [-0.4, -0.2) is 48.5 Å². The van der Waals surface area contributed by atoms with E-state index >= 15 is 0 Å². The molecule has 100 valence electrons. The number of likely N-dealkylation sites (N-methyl/N-ethyl adjacent to an activating group) is 1. The van der Waals surface area contributed by atoms with Crippen molar-refractivity contribution >= 4 is 28.3 Å². The standard InChI is InChI=1S/C11H18N4O2S/c1-15-5-3-4-7(15)6-13-10-8(11(16)17-2)9(12)14-18-10/h7,13H,3-6H2,1-2H3,(H2,12,14). The monoisotopic (exact) mass is 270 g/mol. The van der Waals surface area contributed by atoms with Crippen LogP contribution in [0.3, 0.4) is 0 Å². The van der Waals surface area contributed by atoms with E-state index in [1.807, 2.05) is 0 Å². The Kier molecular flexibility index (Phi) is 4.03. The molecule has 0 spiro atoms. The fourth-order valence-electron chi connectivity index (χ4n) is 2.17. The molecule has 1 aromatic heterocycles. The Labute approximate surface area is 110 Å². The first-order valence-electron chi connectivity index (χ1n) is 5.91. The van der Waals surface area contributed by atoms with E-state index in [-0.39, 0.29) is 5.82 Å². The first-order chi connectivity index (χ1) is 8.63. The van der Waals surface area contributed by atoms with Gasteiger partial charge in [0, 0.05) is 12.6 Å². The van der Waals surface area contributed by atoms with E-state index in [1.54, 1.807) is 0 Å². The van der Waals surface area contributed by atoms with E-state index in [1.165, 1.54) is 31.5 Å². The van der Waals surface area contributed by atoms with Crippen molar-refractivity contribution in [3.05, 3.63) is 5.56 Å². The molecule has 18 heavy (non-hydrogen) atoms. The molecule has 6 nitrogen and oxygen atoms in total. The molecule has 0 saturated carbocycles. The second-order valence-electron chi connectivity index (χ2n) is 4.42. The van der Waals surface area contributed by atoms with Crippen LogP contribution in [0.2, 0.25) is 0 Å². The van der Waals surface area contributed by atoms with Crippen molar-refractivity contribution in [1.29, 1.82) is 0 Å². The average Bonchev–Trinajstić information content (AvgIpc) is 2.92. The van der Waals surface area contributed by atoms with E-state index in [9.17, 15) is 4.79 Å². The topological polar surface area (TPSA) is 80.5 Å². The van der Waals surface area contributed by atoms with Crippen LogP contribution < -0.4 is 11.1 Å². The molecule has 2 heterocycles. The molecule has 0 radical (unpaired) electrons. The van der Waals surface area contributed by atoms with Crippen LogP contribution >= 0.6 is 11.5 Å². The number of rotatable bonds is 4. The maximum atomic E-state index is 11.6. The van der Waals surface area contributed by atoms with Gasteiger partial charge >= 0.3 is 5.97 Å². The quantitative estimate of drug-likeness (QED) is 0.795. The van der Waals surface area contributed by atoms with Crippen molar-refractivity contribution in [3.63, 3.8) is 0 Å². The van der Waals surface area contributed by atoms with Crippen molar-refractivity contribution in [3.8, 4) is 0 Å². The predicted octanol–water partition coefficient (Wildman–Crippen LogP) is 1.02. The summed E-state index contributed by atoms with van der Waals surface area (Å²) in [5, 5.41) is 3.95. The SMILES string of the molecule is COC(=O)c1c(N)nsc1NCC1CCCN1C. The Morgan fingerprint density at radius 2 is 2.50 bits per heavy atom. The van der Waals surface area contributed by atoms with Crippen LogP contribution in [0.1, 0.15) is 23.2 Å². The first kappa shape index (κ1) is 13.1. The molecule has 3 N–H and O–H groups in total. The van der Waals surface area contributed by atoms with Crippen molar-refractivity contribution < 1.29 is 9.53 Å². The van der Waals surface area contributed by atoms with Gasteiger partial charge in [-0.3, -0.25) is 0 Å². The number of aromatic nitrogens is 1. The van der Waals surface area contributed by atoms with Gasteiger partial charge in [0.1, 0.15) is 10.6 Å². The fourth-order valence-corrected chi connectivity index (χ4v) is 2.88. The summed E-state index contributed by atoms with van der Waals surface area (Å²) in [6.07, 6.45) is 2.39. The van der Waals surface area contributed by atoms with Gasteiger partial charge in [-0.15, -0.1) is 0 Å². The van der Waals surface area contributed by atoms with Crippen LogP contribution in [0.15, 0.2) is 0 Å². The van der Waals surface area contributed by atoms with Crippen LogP contribution in [0, 0.1) is 0 Å². The lowest BCUT2D eigenvalue weighted by molar-refractivity contribution is 0.0603. The molecule has 0 amide bonds. The molecule has 1 saturated heterocycles. The van der Waals surface area contributed by atoms with Gasteiger partial charge < -0.3 is 20.7 Å². The predicted molar refractivity (Wildman–Crippen MR) is 72.0 cm³/mol. The third-order valence-electron chi connectivity index (χ3n) is 3.28. The summed E-state index contributed by atoms with van der Waals surface area (Å²) in [4.78, 5) is 13.9. The number of nitrogens with one attached hydrogen (secondary N) is 1. The lowest BCUT2D eigenvalue weighted by Crippen LogP contribution is -2.31. The molecule has 1 fully saturated rings. The Morgan fingerprint density at radius 1 is 1.72 bits per heavy atom. The number of methoxy groups -OCH3 is 1. The zero-order chi connectivity index (χ0) is 13.1. The highest BCUT2D eigenvalue weighted by atomic mass is 32.1. The smallest absolute Gasteiger partial charge is 0.344 e. The van der Waals surface area contributed by atoms with E-state index in [0.29, 0.717) is 16.6 Å². The van der Waals surface area contributed by atoms with Crippen molar-refractivity contribution in [2.24, 2.45) is 0 Å². The zero-order valence-electron chi connectivity index (χ0n) is 10.6. The van der Waals surface area contributed by atoms with Gasteiger partial charge in [0.25, 0.3) is 0 Å². The number of carbonyl (C=O) groups is 1. The van der Waals surface area contributed by atoms with E-state index in [2.05, 4.69) is 21.6 Å². The fraction of sp³-hybridized carbons (Fsp3) is 0.636. The largest absolute Gasteiger partial charge is 0.465 e. The normalized spacial score (nSPS) is 20.0. The Morgan fingerprint density at radius 3 is 3.11 bits per heavy atom. The second-order valence-corrected chi connectivity index (χ2v) is 5.19. The number of nitrogens with zero attached hydrogens (tertiary/aromatic N) is 2. The summed E-state index contributed by atoms with van der Waals surface area (Å²) < 4.78 is 8.70. The number of carbonyl (C=O) groups excluding carboxylic acids is 1. The second kappa shape index (κ2) is 5.53. The number of hydrogen-bond donors (Lipinski definition) is 2. The number of esters is 1. The molecule has 0 aliphatic carbocycles. The summed E-state index contributed by atoms with van der Waals surface area (Å²) in [5.41, 5.74) is 6.03. The Balaban J connectivity index is 2.03. The third-order valence-corrected chi connectivity index (χ3v) is 4.10. The van der Waals surface area contributed by atoms with Gasteiger partial charge in [-0.25, -0.2) is 4.79 Å². The number of nitrogen functional groups attached to an aromatic ring is 1. The maximum absolute atomic E-state index is 11.6. The van der Waals surface area contributed by atoms with E-state index < -0.39 is 5.97 Å². The van der Waals surface area contributed by atoms with Gasteiger partial charge in [-0.1, -0.05) is 0 Å². The zero-order valence-corrected chi connectivity index (χ0v) is 11.4. The summed E-state index contributed by atoms with van der Waals surface area (Å²) in [7, 11) is 3.45. The number of nitrogens with two attached hydrogens (primary N) is 1. The molecule has 1 aliphatic heterocycles. The first-order valence-corrected chi connectivity index (χ1v) is 6.68. The van der Waals surface area contributed by atoms with E-state index in [0.717, 1.165) is 13.1 Å². The summed E-state index contributed by atoms with van der Waals surface area (Å²) in [6, 6.07) is 0.499. The van der Waals surface area contributed by atoms with Crippen LogP contribution in [0.5, 0.6) is 0 Å². The molecule has 2 rings (SSSR count). The number of anilines is 2. The highest BCUT2D eigenvalue weighted by Gasteiger charge is 2.23. The van der Waals surface area contributed by atoms with Gasteiger partial charge in [0.15, 0.2) is 5.82 Å². The molecule has 1 aromatic rings.